The Hall–Kier alpha value is -0.610. The van der Waals surface area contributed by atoms with E-state index in [1.807, 2.05) is 0 Å². The van der Waals surface area contributed by atoms with Crippen LogP contribution in [0.2, 0.25) is 0 Å². The molecule has 0 aromatic heterocycles. The van der Waals surface area contributed by atoms with Gasteiger partial charge in [0.25, 0.3) is 0 Å². The van der Waals surface area contributed by atoms with Crippen LogP contribution in [0.25, 0.3) is 0 Å². The van der Waals surface area contributed by atoms with Gasteiger partial charge in [-0.15, -0.1) is 0 Å². The molecule has 2 saturated carbocycles. The number of nitrogens with zero attached hydrogens (tertiary/aromatic N) is 1. The first-order valence-electron chi connectivity index (χ1n) is 8.38. The van der Waals surface area contributed by atoms with Gasteiger partial charge in [-0.1, -0.05) is 19.8 Å². The van der Waals surface area contributed by atoms with Crippen molar-refractivity contribution in [1.82, 2.24) is 10.2 Å². The highest BCUT2D eigenvalue weighted by Gasteiger charge is 2.39. The standard InChI is InChI=1S/C16H29N3O/c1-12-3-2-7-16(17,9-12)15(20)18-10-13-6-8-19(11-13)14-4-5-14/h12-14H,2-11,17H2,1H3,(H,18,20). The summed E-state index contributed by atoms with van der Waals surface area (Å²) in [5.41, 5.74) is 5.74. The number of amides is 1. The molecule has 1 aliphatic heterocycles. The van der Waals surface area contributed by atoms with E-state index < -0.39 is 5.54 Å². The third-order valence-corrected chi connectivity index (χ3v) is 5.42. The molecule has 3 unspecified atom stereocenters. The summed E-state index contributed by atoms with van der Waals surface area (Å²) in [6.07, 6.45) is 7.98. The van der Waals surface area contributed by atoms with Gasteiger partial charge in [-0.25, -0.2) is 0 Å². The molecule has 1 heterocycles. The molecule has 114 valence electrons. The fraction of sp³-hybridized carbons (Fsp3) is 0.938. The second kappa shape index (κ2) is 5.64. The molecule has 20 heavy (non-hydrogen) atoms. The Balaban J connectivity index is 1.44. The second-order valence-electron chi connectivity index (χ2n) is 7.45. The zero-order chi connectivity index (χ0) is 14.2. The summed E-state index contributed by atoms with van der Waals surface area (Å²) < 4.78 is 0. The molecular weight excluding hydrogens is 250 g/mol. The predicted octanol–water partition coefficient (Wildman–Crippen LogP) is 1.49. The lowest BCUT2D eigenvalue weighted by Crippen LogP contribution is -2.56. The monoisotopic (exact) mass is 279 g/mol. The van der Waals surface area contributed by atoms with Crippen molar-refractivity contribution in [3.63, 3.8) is 0 Å². The Morgan fingerprint density at radius 1 is 1.35 bits per heavy atom. The van der Waals surface area contributed by atoms with Crippen molar-refractivity contribution in [3.8, 4) is 0 Å². The van der Waals surface area contributed by atoms with Gasteiger partial charge in [-0.3, -0.25) is 4.79 Å². The van der Waals surface area contributed by atoms with Crippen LogP contribution in [0, 0.1) is 11.8 Å². The molecule has 0 radical (unpaired) electrons. The van der Waals surface area contributed by atoms with Gasteiger partial charge < -0.3 is 16.0 Å². The van der Waals surface area contributed by atoms with Crippen LogP contribution in [0.15, 0.2) is 0 Å². The topological polar surface area (TPSA) is 58.4 Å². The highest BCUT2D eigenvalue weighted by atomic mass is 16.2. The quantitative estimate of drug-likeness (QED) is 0.820. The lowest BCUT2D eigenvalue weighted by atomic mass is 9.76. The summed E-state index contributed by atoms with van der Waals surface area (Å²) in [6, 6.07) is 0.857. The maximum absolute atomic E-state index is 12.4. The summed E-state index contributed by atoms with van der Waals surface area (Å²) in [4.78, 5) is 15.0. The zero-order valence-corrected chi connectivity index (χ0v) is 12.7. The summed E-state index contributed by atoms with van der Waals surface area (Å²) in [6.45, 7) is 5.41. The molecule has 0 bridgehead atoms. The smallest absolute Gasteiger partial charge is 0.240 e. The van der Waals surface area contributed by atoms with E-state index in [0.717, 1.165) is 31.8 Å². The minimum Gasteiger partial charge on any atom is -0.354 e. The van der Waals surface area contributed by atoms with Crippen molar-refractivity contribution in [3.05, 3.63) is 0 Å². The molecular formula is C16H29N3O. The minimum atomic E-state index is -0.605. The van der Waals surface area contributed by atoms with Crippen molar-refractivity contribution in [1.29, 1.82) is 0 Å². The number of rotatable bonds is 4. The van der Waals surface area contributed by atoms with E-state index in [4.69, 9.17) is 5.73 Å². The van der Waals surface area contributed by atoms with Gasteiger partial charge in [0.05, 0.1) is 5.54 Å². The fourth-order valence-electron chi connectivity index (χ4n) is 4.01. The zero-order valence-electron chi connectivity index (χ0n) is 12.7. The molecule has 3 atom stereocenters. The van der Waals surface area contributed by atoms with Gasteiger partial charge >= 0.3 is 0 Å². The first-order chi connectivity index (χ1) is 9.57. The number of nitrogens with two attached hydrogens (primary N) is 1. The number of hydrogen-bond acceptors (Lipinski definition) is 3. The molecule has 0 aromatic rings. The largest absolute Gasteiger partial charge is 0.354 e. The first kappa shape index (κ1) is 14.3. The van der Waals surface area contributed by atoms with Gasteiger partial charge in [0, 0.05) is 19.1 Å². The predicted molar refractivity (Wildman–Crippen MR) is 80.3 cm³/mol. The minimum absolute atomic E-state index is 0.0916. The number of nitrogens with one attached hydrogen (secondary N) is 1. The maximum atomic E-state index is 12.4. The van der Waals surface area contributed by atoms with Crippen LogP contribution in [0.3, 0.4) is 0 Å². The van der Waals surface area contributed by atoms with E-state index >= 15 is 0 Å². The second-order valence-corrected chi connectivity index (χ2v) is 7.45. The van der Waals surface area contributed by atoms with E-state index in [-0.39, 0.29) is 5.91 Å². The van der Waals surface area contributed by atoms with Crippen LogP contribution in [0.4, 0.5) is 0 Å². The summed E-state index contributed by atoms with van der Waals surface area (Å²) in [5.74, 6) is 1.30. The molecule has 0 aromatic carbocycles. The van der Waals surface area contributed by atoms with E-state index in [1.165, 1.54) is 38.8 Å². The molecule has 4 heteroatoms. The van der Waals surface area contributed by atoms with Gasteiger partial charge in [-0.05, 0) is 50.5 Å². The van der Waals surface area contributed by atoms with Crippen LogP contribution in [-0.2, 0) is 4.79 Å². The van der Waals surface area contributed by atoms with Crippen LogP contribution >= 0.6 is 0 Å². The lowest BCUT2D eigenvalue weighted by Gasteiger charge is -2.35. The van der Waals surface area contributed by atoms with Crippen LogP contribution < -0.4 is 11.1 Å². The van der Waals surface area contributed by atoms with E-state index in [2.05, 4.69) is 17.1 Å². The third kappa shape index (κ3) is 3.17. The van der Waals surface area contributed by atoms with Crippen LogP contribution in [0.1, 0.15) is 51.9 Å². The molecule has 1 saturated heterocycles. The molecule has 1 amide bonds. The average Bonchev–Trinajstić information content (AvgIpc) is 3.15. The molecule has 4 nitrogen and oxygen atoms in total. The van der Waals surface area contributed by atoms with Crippen molar-refractivity contribution < 1.29 is 4.79 Å². The van der Waals surface area contributed by atoms with E-state index in [0.29, 0.717) is 11.8 Å². The van der Waals surface area contributed by atoms with Crippen molar-refractivity contribution in [2.45, 2.75) is 63.5 Å². The molecule has 3 aliphatic rings. The van der Waals surface area contributed by atoms with Crippen molar-refractivity contribution in [2.75, 3.05) is 19.6 Å². The maximum Gasteiger partial charge on any atom is 0.240 e. The highest BCUT2D eigenvalue weighted by Crippen LogP contribution is 2.32. The Morgan fingerprint density at radius 2 is 2.15 bits per heavy atom. The number of carbonyl (C=O) groups excluding carboxylic acids is 1. The Bertz CT molecular complexity index is 369. The van der Waals surface area contributed by atoms with Gasteiger partial charge in [0.1, 0.15) is 0 Å². The van der Waals surface area contributed by atoms with Crippen molar-refractivity contribution >= 4 is 5.91 Å². The Morgan fingerprint density at radius 3 is 2.85 bits per heavy atom. The highest BCUT2D eigenvalue weighted by molar-refractivity contribution is 5.86. The first-order valence-corrected chi connectivity index (χ1v) is 8.38. The number of hydrogen-bond donors (Lipinski definition) is 2. The van der Waals surface area contributed by atoms with E-state index in [1.54, 1.807) is 0 Å². The molecule has 3 N–H and O–H groups in total. The molecule has 3 fully saturated rings. The number of carbonyl (C=O) groups is 1. The number of likely N-dealkylation sites (tertiary alicyclic amines) is 1. The Labute approximate surface area is 122 Å². The molecule has 2 aliphatic carbocycles. The van der Waals surface area contributed by atoms with Crippen LogP contribution in [-0.4, -0.2) is 42.0 Å². The molecule has 3 rings (SSSR count). The SMILES string of the molecule is CC1CCCC(N)(C(=O)NCC2CCN(C3CC3)C2)C1. The van der Waals surface area contributed by atoms with Gasteiger partial charge in [0.2, 0.25) is 5.91 Å². The normalized spacial score (nSPS) is 38.9. The summed E-state index contributed by atoms with van der Waals surface area (Å²) in [7, 11) is 0. The van der Waals surface area contributed by atoms with E-state index in [9.17, 15) is 4.79 Å². The summed E-state index contributed by atoms with van der Waals surface area (Å²) >= 11 is 0. The lowest BCUT2D eigenvalue weighted by molar-refractivity contribution is -0.128. The Kier molecular flexibility index (Phi) is 4.04. The summed E-state index contributed by atoms with van der Waals surface area (Å²) in [5, 5.41) is 3.14. The van der Waals surface area contributed by atoms with Gasteiger partial charge in [-0.2, -0.15) is 0 Å². The van der Waals surface area contributed by atoms with Crippen LogP contribution in [0.5, 0.6) is 0 Å². The fourth-order valence-corrected chi connectivity index (χ4v) is 4.01. The van der Waals surface area contributed by atoms with Gasteiger partial charge in [0.15, 0.2) is 0 Å². The van der Waals surface area contributed by atoms with Crippen molar-refractivity contribution in [2.24, 2.45) is 17.6 Å². The third-order valence-electron chi connectivity index (χ3n) is 5.42. The average molecular weight is 279 g/mol. The molecule has 0 spiro atoms.